The van der Waals surface area contributed by atoms with Crippen LogP contribution in [0, 0.1) is 5.82 Å². The molecule has 1 amide bonds. The van der Waals surface area contributed by atoms with E-state index in [1.54, 1.807) is 24.3 Å². The standard InChI is InChI=1S/C17H23FN2O/c1-19-15-8-10-16(11-9-15)20(2)17(21)12-5-13-3-6-14(18)7-4-13/h3-7,12,15-16,19H,8-11H2,1-2H3. The van der Waals surface area contributed by atoms with E-state index in [1.807, 2.05) is 19.0 Å². The molecule has 1 N–H and O–H groups in total. The lowest BCUT2D eigenvalue weighted by atomic mass is 9.90. The van der Waals surface area contributed by atoms with Gasteiger partial charge in [0.25, 0.3) is 0 Å². The first-order chi connectivity index (χ1) is 10.1. The maximum Gasteiger partial charge on any atom is 0.246 e. The number of hydrogen-bond acceptors (Lipinski definition) is 2. The molecule has 1 fully saturated rings. The molecule has 0 unspecified atom stereocenters. The van der Waals surface area contributed by atoms with E-state index in [0.717, 1.165) is 31.2 Å². The summed E-state index contributed by atoms with van der Waals surface area (Å²) in [5.74, 6) is -0.260. The lowest BCUT2D eigenvalue weighted by Crippen LogP contribution is -2.41. The lowest BCUT2D eigenvalue weighted by Gasteiger charge is -2.34. The molecule has 0 saturated heterocycles. The van der Waals surface area contributed by atoms with E-state index in [9.17, 15) is 9.18 Å². The summed E-state index contributed by atoms with van der Waals surface area (Å²) >= 11 is 0. The third-order valence-electron chi connectivity index (χ3n) is 4.29. The number of benzene rings is 1. The predicted molar refractivity (Wildman–Crippen MR) is 83.3 cm³/mol. The zero-order valence-electron chi connectivity index (χ0n) is 12.7. The maximum absolute atomic E-state index is 12.8. The first-order valence-corrected chi connectivity index (χ1v) is 7.48. The number of amides is 1. The summed E-state index contributed by atoms with van der Waals surface area (Å²) in [5.41, 5.74) is 0.831. The molecule has 1 aromatic carbocycles. The molecule has 114 valence electrons. The van der Waals surface area contributed by atoms with Gasteiger partial charge in [0.1, 0.15) is 5.82 Å². The van der Waals surface area contributed by atoms with Crippen molar-refractivity contribution < 1.29 is 9.18 Å². The summed E-state index contributed by atoms with van der Waals surface area (Å²) < 4.78 is 12.8. The van der Waals surface area contributed by atoms with Crippen molar-refractivity contribution in [2.24, 2.45) is 0 Å². The molecule has 1 saturated carbocycles. The van der Waals surface area contributed by atoms with E-state index in [0.29, 0.717) is 12.1 Å². The van der Waals surface area contributed by atoms with Crippen molar-refractivity contribution in [1.29, 1.82) is 0 Å². The van der Waals surface area contributed by atoms with Gasteiger partial charge in [-0.15, -0.1) is 0 Å². The molecule has 3 nitrogen and oxygen atoms in total. The van der Waals surface area contributed by atoms with Gasteiger partial charge < -0.3 is 10.2 Å². The molecule has 0 atom stereocenters. The number of carbonyl (C=O) groups excluding carboxylic acids is 1. The fourth-order valence-electron chi connectivity index (χ4n) is 2.79. The van der Waals surface area contributed by atoms with Gasteiger partial charge in [0, 0.05) is 25.2 Å². The average Bonchev–Trinajstić information content (AvgIpc) is 2.53. The van der Waals surface area contributed by atoms with Gasteiger partial charge in [-0.25, -0.2) is 4.39 Å². The summed E-state index contributed by atoms with van der Waals surface area (Å²) in [6.07, 6.45) is 7.60. The van der Waals surface area contributed by atoms with Crippen molar-refractivity contribution in [1.82, 2.24) is 10.2 Å². The summed E-state index contributed by atoms with van der Waals surface area (Å²) in [6, 6.07) is 7.02. The van der Waals surface area contributed by atoms with Gasteiger partial charge in [0.2, 0.25) is 5.91 Å². The van der Waals surface area contributed by atoms with Crippen LogP contribution in [0.15, 0.2) is 30.3 Å². The molecule has 0 bridgehead atoms. The fraction of sp³-hybridized carbons (Fsp3) is 0.471. The van der Waals surface area contributed by atoms with Crippen LogP contribution in [0.4, 0.5) is 4.39 Å². The van der Waals surface area contributed by atoms with Crippen molar-refractivity contribution in [2.75, 3.05) is 14.1 Å². The Morgan fingerprint density at radius 3 is 2.43 bits per heavy atom. The van der Waals surface area contributed by atoms with Gasteiger partial charge in [0.05, 0.1) is 0 Å². The summed E-state index contributed by atoms with van der Waals surface area (Å²) in [6.45, 7) is 0. The largest absolute Gasteiger partial charge is 0.339 e. The molecular formula is C17H23FN2O. The zero-order chi connectivity index (χ0) is 15.2. The second-order valence-electron chi connectivity index (χ2n) is 5.63. The number of halogens is 1. The Morgan fingerprint density at radius 1 is 1.24 bits per heavy atom. The van der Waals surface area contributed by atoms with Crippen LogP contribution in [0.1, 0.15) is 31.2 Å². The first kappa shape index (κ1) is 15.7. The highest BCUT2D eigenvalue weighted by Gasteiger charge is 2.24. The van der Waals surface area contributed by atoms with Crippen LogP contribution in [-0.4, -0.2) is 37.0 Å². The number of nitrogens with zero attached hydrogens (tertiary/aromatic N) is 1. The molecule has 4 heteroatoms. The fourth-order valence-corrected chi connectivity index (χ4v) is 2.79. The number of nitrogens with one attached hydrogen (secondary N) is 1. The highest BCUT2D eigenvalue weighted by molar-refractivity contribution is 5.91. The molecule has 0 spiro atoms. The molecule has 0 aromatic heterocycles. The minimum Gasteiger partial charge on any atom is -0.339 e. The van der Waals surface area contributed by atoms with Gasteiger partial charge in [-0.1, -0.05) is 12.1 Å². The van der Waals surface area contributed by atoms with Gasteiger partial charge in [0.15, 0.2) is 0 Å². The van der Waals surface area contributed by atoms with Crippen LogP contribution in [0.5, 0.6) is 0 Å². The summed E-state index contributed by atoms with van der Waals surface area (Å²) in [5, 5.41) is 3.30. The number of rotatable bonds is 4. The Hall–Kier alpha value is -1.68. The lowest BCUT2D eigenvalue weighted by molar-refractivity contribution is -0.127. The Balaban J connectivity index is 1.89. The second kappa shape index (κ2) is 7.36. The Morgan fingerprint density at radius 2 is 1.86 bits per heavy atom. The van der Waals surface area contributed by atoms with E-state index in [2.05, 4.69) is 5.32 Å². The minimum atomic E-state index is -0.267. The molecule has 2 rings (SSSR count). The van der Waals surface area contributed by atoms with E-state index >= 15 is 0 Å². The van der Waals surface area contributed by atoms with Crippen LogP contribution < -0.4 is 5.32 Å². The second-order valence-corrected chi connectivity index (χ2v) is 5.63. The van der Waals surface area contributed by atoms with Gasteiger partial charge >= 0.3 is 0 Å². The van der Waals surface area contributed by atoms with Crippen LogP contribution in [0.2, 0.25) is 0 Å². The zero-order valence-corrected chi connectivity index (χ0v) is 12.7. The molecule has 0 radical (unpaired) electrons. The number of likely N-dealkylation sites (N-methyl/N-ethyl adjacent to an activating group) is 1. The third kappa shape index (κ3) is 4.39. The highest BCUT2D eigenvalue weighted by atomic mass is 19.1. The molecule has 0 aliphatic heterocycles. The van der Waals surface area contributed by atoms with Crippen molar-refractivity contribution in [2.45, 2.75) is 37.8 Å². The molecule has 21 heavy (non-hydrogen) atoms. The van der Waals surface area contributed by atoms with Gasteiger partial charge in [-0.2, -0.15) is 0 Å². The Kier molecular flexibility index (Phi) is 5.51. The molecule has 0 heterocycles. The normalized spacial score (nSPS) is 22.4. The molecular weight excluding hydrogens is 267 g/mol. The monoisotopic (exact) mass is 290 g/mol. The van der Waals surface area contributed by atoms with Crippen molar-refractivity contribution in [3.8, 4) is 0 Å². The average molecular weight is 290 g/mol. The van der Waals surface area contributed by atoms with Crippen LogP contribution in [-0.2, 0) is 4.79 Å². The van der Waals surface area contributed by atoms with Crippen LogP contribution in [0.3, 0.4) is 0 Å². The van der Waals surface area contributed by atoms with E-state index in [4.69, 9.17) is 0 Å². The van der Waals surface area contributed by atoms with E-state index in [-0.39, 0.29) is 11.7 Å². The smallest absolute Gasteiger partial charge is 0.246 e. The predicted octanol–water partition coefficient (Wildman–Crippen LogP) is 2.83. The van der Waals surface area contributed by atoms with Crippen molar-refractivity contribution in [3.05, 3.63) is 41.7 Å². The minimum absolute atomic E-state index is 0.00670. The summed E-state index contributed by atoms with van der Waals surface area (Å²) in [7, 11) is 3.85. The van der Waals surface area contributed by atoms with E-state index in [1.165, 1.54) is 12.1 Å². The quantitative estimate of drug-likeness (QED) is 0.865. The number of hydrogen-bond donors (Lipinski definition) is 1. The van der Waals surface area contributed by atoms with Gasteiger partial charge in [-0.05, 0) is 56.5 Å². The Bertz CT molecular complexity index is 490. The molecule has 1 aliphatic rings. The Labute approximate surface area is 125 Å². The SMILES string of the molecule is CNC1CCC(N(C)C(=O)C=Cc2ccc(F)cc2)CC1. The number of carbonyl (C=O) groups is 1. The molecule has 1 aliphatic carbocycles. The topological polar surface area (TPSA) is 32.3 Å². The maximum atomic E-state index is 12.8. The van der Waals surface area contributed by atoms with Crippen molar-refractivity contribution >= 4 is 12.0 Å². The first-order valence-electron chi connectivity index (χ1n) is 7.48. The van der Waals surface area contributed by atoms with Crippen molar-refractivity contribution in [3.63, 3.8) is 0 Å². The third-order valence-corrected chi connectivity index (χ3v) is 4.29. The summed E-state index contributed by atoms with van der Waals surface area (Å²) in [4.78, 5) is 14.0. The van der Waals surface area contributed by atoms with Crippen LogP contribution in [0.25, 0.3) is 6.08 Å². The van der Waals surface area contributed by atoms with Gasteiger partial charge in [-0.3, -0.25) is 4.79 Å². The van der Waals surface area contributed by atoms with E-state index < -0.39 is 0 Å². The highest BCUT2D eigenvalue weighted by Crippen LogP contribution is 2.22. The van der Waals surface area contributed by atoms with Crippen LogP contribution >= 0.6 is 0 Å². The molecule has 1 aromatic rings.